The minimum Gasteiger partial charge on any atom is -0.481 e. The average Bonchev–Trinajstić information content (AvgIpc) is 3.65. The van der Waals surface area contributed by atoms with Gasteiger partial charge in [0, 0.05) is 89.5 Å². The van der Waals surface area contributed by atoms with E-state index >= 15 is 4.39 Å². The van der Waals surface area contributed by atoms with Crippen LogP contribution in [-0.4, -0.2) is 123 Å². The second-order valence-electron chi connectivity index (χ2n) is 13.1. The van der Waals surface area contributed by atoms with Crippen LogP contribution in [-0.2, 0) is 30.5 Å². The van der Waals surface area contributed by atoms with Gasteiger partial charge in [-0.05, 0) is 50.3 Å². The number of piperidine rings is 2. The predicted molar refractivity (Wildman–Crippen MR) is 163 cm³/mol. The number of ether oxygens (including phenoxy) is 1. The Bertz CT molecular complexity index is 1380. The zero-order chi connectivity index (χ0) is 33.4. The standard InChI is InChI=1S/C31H44F4N4O6S/c1-3-46(43,44)39-13-8-24(9-14-39)37-15-10-30(32,20-37)29(42)38-17-22(19-45-2)26(18-38)25-5-4-23(31(33,34)35)16-27(25)36-11-6-21(7-12-36)28(40)41/h4-5,16,21-22,24,26H,3,6-15,17-20H2,1-2H3,(H,40,41)/t22-,26+,30-/m1/s1. The molecule has 5 rings (SSSR count). The smallest absolute Gasteiger partial charge is 0.416 e. The summed E-state index contributed by atoms with van der Waals surface area (Å²) in [4.78, 5) is 30.5. The molecule has 0 aromatic heterocycles. The van der Waals surface area contributed by atoms with Crippen molar-refractivity contribution >= 4 is 27.6 Å². The van der Waals surface area contributed by atoms with Crippen LogP contribution in [0.5, 0.6) is 0 Å². The van der Waals surface area contributed by atoms with Crippen LogP contribution in [0.25, 0.3) is 0 Å². The number of carboxylic acids is 1. The van der Waals surface area contributed by atoms with E-state index in [2.05, 4.69) is 0 Å². The van der Waals surface area contributed by atoms with Crippen LogP contribution in [0.4, 0.5) is 23.2 Å². The van der Waals surface area contributed by atoms with Crippen LogP contribution in [0.3, 0.4) is 0 Å². The summed E-state index contributed by atoms with van der Waals surface area (Å²) in [5, 5.41) is 9.42. The molecule has 1 amide bonds. The number of sulfonamides is 1. The van der Waals surface area contributed by atoms with E-state index in [-0.39, 0.29) is 63.5 Å². The van der Waals surface area contributed by atoms with Gasteiger partial charge in [0.25, 0.3) is 5.91 Å². The van der Waals surface area contributed by atoms with Crippen molar-refractivity contribution in [2.24, 2.45) is 11.8 Å². The molecule has 4 saturated heterocycles. The Morgan fingerprint density at radius 3 is 2.30 bits per heavy atom. The van der Waals surface area contributed by atoms with Crippen molar-refractivity contribution in [1.29, 1.82) is 0 Å². The van der Waals surface area contributed by atoms with Gasteiger partial charge in [-0.1, -0.05) is 6.07 Å². The van der Waals surface area contributed by atoms with Gasteiger partial charge in [0.15, 0.2) is 0 Å². The van der Waals surface area contributed by atoms with E-state index in [1.165, 1.54) is 22.4 Å². The lowest BCUT2D eigenvalue weighted by molar-refractivity contribution is -0.143. The number of hydrogen-bond acceptors (Lipinski definition) is 7. The Morgan fingerprint density at radius 1 is 1.04 bits per heavy atom. The van der Waals surface area contributed by atoms with Crippen molar-refractivity contribution in [3.63, 3.8) is 0 Å². The van der Waals surface area contributed by atoms with Crippen molar-refractivity contribution in [2.45, 2.75) is 62.8 Å². The Labute approximate surface area is 267 Å². The van der Waals surface area contributed by atoms with Crippen LogP contribution < -0.4 is 4.90 Å². The second kappa shape index (κ2) is 13.6. The summed E-state index contributed by atoms with van der Waals surface area (Å²) in [5.41, 5.74) is -1.97. The van der Waals surface area contributed by atoms with Crippen molar-refractivity contribution in [3.8, 4) is 0 Å². The normalized spacial score (nSPS) is 27.9. The fraction of sp³-hybridized carbons (Fsp3) is 0.742. The highest BCUT2D eigenvalue weighted by Gasteiger charge is 2.51. The number of amides is 1. The molecule has 4 aliphatic heterocycles. The first-order valence-electron chi connectivity index (χ1n) is 16.0. The van der Waals surface area contributed by atoms with Crippen molar-refractivity contribution in [3.05, 3.63) is 29.3 Å². The Hall–Kier alpha value is -2.49. The summed E-state index contributed by atoms with van der Waals surface area (Å²) >= 11 is 0. The van der Waals surface area contributed by atoms with Crippen LogP contribution in [0.1, 0.15) is 56.1 Å². The summed E-state index contributed by atoms with van der Waals surface area (Å²) < 4.78 is 89.3. The van der Waals surface area contributed by atoms with Gasteiger partial charge in [0.05, 0.1) is 23.8 Å². The molecule has 1 N–H and O–H groups in total. The van der Waals surface area contributed by atoms with Gasteiger partial charge in [0.2, 0.25) is 15.7 Å². The molecule has 46 heavy (non-hydrogen) atoms. The summed E-state index contributed by atoms with van der Waals surface area (Å²) in [6.45, 7) is 3.71. The van der Waals surface area contributed by atoms with Gasteiger partial charge in [-0.3, -0.25) is 14.5 Å². The molecule has 10 nitrogen and oxygen atoms in total. The number of nitrogens with zero attached hydrogens (tertiary/aromatic N) is 4. The molecule has 0 spiro atoms. The molecule has 3 atom stereocenters. The predicted octanol–water partition coefficient (Wildman–Crippen LogP) is 3.42. The van der Waals surface area contributed by atoms with Crippen LogP contribution in [0.2, 0.25) is 0 Å². The number of anilines is 1. The van der Waals surface area contributed by atoms with E-state index in [1.807, 2.05) is 4.90 Å². The number of carbonyl (C=O) groups excluding carboxylic acids is 1. The average molecular weight is 677 g/mol. The quantitative estimate of drug-likeness (QED) is 0.397. The molecule has 1 aromatic rings. The number of halogens is 4. The van der Waals surface area contributed by atoms with Crippen molar-refractivity contribution in [1.82, 2.24) is 14.1 Å². The highest BCUT2D eigenvalue weighted by molar-refractivity contribution is 7.89. The van der Waals surface area contributed by atoms with E-state index in [0.717, 1.165) is 12.1 Å². The molecule has 0 unspecified atom stereocenters. The van der Waals surface area contributed by atoms with E-state index in [1.54, 1.807) is 11.8 Å². The number of carboxylic acid groups (broad SMARTS) is 1. The van der Waals surface area contributed by atoms with Crippen LogP contribution >= 0.6 is 0 Å². The van der Waals surface area contributed by atoms with E-state index in [0.29, 0.717) is 56.6 Å². The number of aliphatic carboxylic acids is 1. The molecular weight excluding hydrogens is 632 g/mol. The van der Waals surface area contributed by atoms with Gasteiger partial charge in [-0.15, -0.1) is 0 Å². The van der Waals surface area contributed by atoms with E-state index < -0.39 is 51.1 Å². The lowest BCUT2D eigenvalue weighted by atomic mass is 9.86. The highest BCUT2D eigenvalue weighted by atomic mass is 32.2. The molecule has 258 valence electrons. The number of alkyl halides is 4. The molecular formula is C31H44F4N4O6S. The number of carbonyl (C=O) groups is 2. The lowest BCUT2D eigenvalue weighted by Crippen LogP contribution is -2.50. The fourth-order valence-corrected chi connectivity index (χ4v) is 8.82. The maximum absolute atomic E-state index is 16.4. The highest BCUT2D eigenvalue weighted by Crippen LogP contribution is 2.43. The molecule has 4 aliphatic rings. The van der Waals surface area contributed by atoms with Crippen LogP contribution in [0.15, 0.2) is 18.2 Å². The molecule has 15 heteroatoms. The number of methoxy groups -OCH3 is 1. The summed E-state index contributed by atoms with van der Waals surface area (Å²) in [5.74, 6) is -2.79. The Kier molecular flexibility index (Phi) is 10.3. The number of rotatable bonds is 9. The van der Waals surface area contributed by atoms with E-state index in [9.17, 15) is 36.3 Å². The van der Waals surface area contributed by atoms with E-state index in [4.69, 9.17) is 4.74 Å². The second-order valence-corrected chi connectivity index (χ2v) is 15.4. The van der Waals surface area contributed by atoms with Crippen molar-refractivity contribution in [2.75, 3.05) is 76.7 Å². The van der Waals surface area contributed by atoms with Crippen LogP contribution in [0, 0.1) is 11.8 Å². The van der Waals surface area contributed by atoms with Gasteiger partial charge >= 0.3 is 12.1 Å². The Balaban J connectivity index is 1.32. The molecule has 0 saturated carbocycles. The first kappa shape index (κ1) is 34.8. The first-order valence-corrected chi connectivity index (χ1v) is 17.7. The van der Waals surface area contributed by atoms with Gasteiger partial charge < -0.3 is 19.6 Å². The minimum atomic E-state index is -4.58. The minimum absolute atomic E-state index is 0.0134. The lowest BCUT2D eigenvalue weighted by Gasteiger charge is -2.36. The third-order valence-corrected chi connectivity index (χ3v) is 12.3. The summed E-state index contributed by atoms with van der Waals surface area (Å²) in [6.07, 6.45) is -2.84. The van der Waals surface area contributed by atoms with Gasteiger partial charge in [-0.2, -0.15) is 13.2 Å². The third kappa shape index (κ3) is 7.16. The number of benzene rings is 1. The van der Waals surface area contributed by atoms with Gasteiger partial charge in [-0.25, -0.2) is 17.1 Å². The molecule has 4 heterocycles. The Morgan fingerprint density at radius 2 is 1.72 bits per heavy atom. The summed E-state index contributed by atoms with van der Waals surface area (Å²) in [6, 6.07) is 3.55. The largest absolute Gasteiger partial charge is 0.481 e. The SMILES string of the molecule is CCS(=O)(=O)N1CCC(N2CC[C@](F)(C(=O)N3C[C@H](COC)[C@@H](c4ccc(C(F)(F)F)cc4N4CCC(C(=O)O)CC4)C3)C2)CC1. The molecule has 4 fully saturated rings. The maximum Gasteiger partial charge on any atom is 0.416 e. The zero-order valence-electron chi connectivity index (χ0n) is 26.3. The first-order chi connectivity index (χ1) is 21.7. The number of likely N-dealkylation sites (tertiary alicyclic amines) is 2. The molecule has 1 aromatic carbocycles. The third-order valence-electron chi connectivity index (χ3n) is 10.4. The maximum atomic E-state index is 16.4. The topological polar surface area (TPSA) is 111 Å². The summed E-state index contributed by atoms with van der Waals surface area (Å²) in [7, 11) is -1.78. The monoisotopic (exact) mass is 676 g/mol. The molecule has 0 bridgehead atoms. The van der Waals surface area contributed by atoms with Crippen molar-refractivity contribution < 1.29 is 45.4 Å². The molecule has 0 radical (unpaired) electrons. The fourth-order valence-electron chi connectivity index (χ4n) is 7.69. The number of hydrogen-bond donors (Lipinski definition) is 1. The van der Waals surface area contributed by atoms with Gasteiger partial charge in [0.1, 0.15) is 0 Å². The zero-order valence-corrected chi connectivity index (χ0v) is 27.2. The molecule has 0 aliphatic carbocycles.